The first-order valence-electron chi connectivity index (χ1n) is 9.20. The molecule has 8 heteroatoms. The van der Waals surface area contributed by atoms with Crippen LogP contribution in [0.2, 0.25) is 0 Å². The SMILES string of the molecule is CC(C)CC1(N)CN(c2ccc(F)c(-c3[nH]nc4ncccc34)n2)CCN1. The molecule has 3 aromatic heterocycles. The average molecular weight is 369 g/mol. The van der Waals surface area contributed by atoms with E-state index < -0.39 is 11.5 Å². The van der Waals surface area contributed by atoms with Crippen LogP contribution in [0.3, 0.4) is 0 Å². The van der Waals surface area contributed by atoms with Gasteiger partial charge >= 0.3 is 0 Å². The van der Waals surface area contributed by atoms with E-state index >= 15 is 0 Å². The Kier molecular flexibility index (Phi) is 4.53. The molecule has 1 fully saturated rings. The maximum absolute atomic E-state index is 14.6. The van der Waals surface area contributed by atoms with Crippen LogP contribution in [-0.4, -0.2) is 45.5 Å². The van der Waals surface area contributed by atoms with Gasteiger partial charge in [-0.15, -0.1) is 0 Å². The molecule has 142 valence electrons. The molecule has 1 unspecified atom stereocenters. The number of anilines is 1. The highest BCUT2D eigenvalue weighted by molar-refractivity contribution is 5.89. The van der Waals surface area contributed by atoms with E-state index in [2.05, 4.69) is 44.2 Å². The van der Waals surface area contributed by atoms with Gasteiger partial charge in [0.1, 0.15) is 11.5 Å². The van der Waals surface area contributed by atoms with Gasteiger partial charge in [-0.25, -0.2) is 14.4 Å². The summed E-state index contributed by atoms with van der Waals surface area (Å²) in [4.78, 5) is 10.9. The number of aromatic amines is 1. The maximum Gasteiger partial charge on any atom is 0.181 e. The second-order valence-corrected chi connectivity index (χ2v) is 7.58. The summed E-state index contributed by atoms with van der Waals surface area (Å²) in [6, 6.07) is 6.81. The summed E-state index contributed by atoms with van der Waals surface area (Å²) in [6.07, 6.45) is 2.51. The fourth-order valence-corrected chi connectivity index (χ4v) is 3.79. The molecule has 0 aromatic carbocycles. The number of hydrogen-bond acceptors (Lipinski definition) is 6. The molecule has 27 heavy (non-hydrogen) atoms. The van der Waals surface area contributed by atoms with E-state index in [1.165, 1.54) is 6.07 Å². The summed E-state index contributed by atoms with van der Waals surface area (Å²) in [7, 11) is 0. The van der Waals surface area contributed by atoms with Crippen molar-refractivity contribution in [2.75, 3.05) is 24.5 Å². The van der Waals surface area contributed by atoms with Crippen LogP contribution in [0.15, 0.2) is 30.5 Å². The molecular weight excluding hydrogens is 345 g/mol. The quantitative estimate of drug-likeness (QED) is 0.653. The zero-order valence-electron chi connectivity index (χ0n) is 15.5. The van der Waals surface area contributed by atoms with E-state index in [1.54, 1.807) is 18.3 Å². The number of fused-ring (bicyclic) bond motifs is 1. The number of rotatable bonds is 4. The van der Waals surface area contributed by atoms with Crippen molar-refractivity contribution in [1.82, 2.24) is 25.5 Å². The van der Waals surface area contributed by atoms with Gasteiger partial charge in [-0.3, -0.25) is 10.4 Å². The third kappa shape index (κ3) is 3.50. The monoisotopic (exact) mass is 369 g/mol. The Morgan fingerprint density at radius 1 is 1.33 bits per heavy atom. The Morgan fingerprint density at radius 3 is 3.00 bits per heavy atom. The highest BCUT2D eigenvalue weighted by atomic mass is 19.1. The number of pyridine rings is 2. The Balaban J connectivity index is 1.68. The molecule has 0 amide bonds. The first-order valence-corrected chi connectivity index (χ1v) is 9.20. The van der Waals surface area contributed by atoms with Crippen molar-refractivity contribution in [3.63, 3.8) is 0 Å². The lowest BCUT2D eigenvalue weighted by Crippen LogP contribution is -2.66. The molecule has 0 aliphatic carbocycles. The predicted octanol–water partition coefficient (Wildman–Crippen LogP) is 2.27. The maximum atomic E-state index is 14.6. The molecular formula is C19H24FN7. The largest absolute Gasteiger partial charge is 0.352 e. The van der Waals surface area contributed by atoms with E-state index in [1.807, 2.05) is 6.07 Å². The number of hydrogen-bond donors (Lipinski definition) is 3. The topological polar surface area (TPSA) is 95.8 Å². The molecule has 1 aliphatic rings. The second-order valence-electron chi connectivity index (χ2n) is 7.58. The molecule has 7 nitrogen and oxygen atoms in total. The van der Waals surface area contributed by atoms with E-state index in [0.717, 1.165) is 24.9 Å². The zero-order chi connectivity index (χ0) is 19.0. The fourth-order valence-electron chi connectivity index (χ4n) is 3.79. The van der Waals surface area contributed by atoms with Crippen molar-refractivity contribution >= 4 is 16.9 Å². The van der Waals surface area contributed by atoms with Gasteiger partial charge in [0.05, 0.1) is 17.9 Å². The zero-order valence-corrected chi connectivity index (χ0v) is 15.5. The lowest BCUT2D eigenvalue weighted by Gasteiger charge is -2.42. The number of nitrogens with one attached hydrogen (secondary N) is 2. The number of piperazine rings is 1. The van der Waals surface area contributed by atoms with Gasteiger partial charge in [0, 0.05) is 24.7 Å². The average Bonchev–Trinajstić information content (AvgIpc) is 3.05. The van der Waals surface area contributed by atoms with Gasteiger partial charge in [0.15, 0.2) is 11.5 Å². The highest BCUT2D eigenvalue weighted by Gasteiger charge is 2.32. The van der Waals surface area contributed by atoms with E-state index in [4.69, 9.17) is 5.73 Å². The van der Waals surface area contributed by atoms with Crippen molar-refractivity contribution in [2.45, 2.75) is 25.9 Å². The van der Waals surface area contributed by atoms with Gasteiger partial charge in [-0.2, -0.15) is 5.10 Å². The number of aromatic nitrogens is 4. The minimum Gasteiger partial charge on any atom is -0.352 e. The molecule has 1 saturated heterocycles. The molecule has 1 atom stereocenters. The van der Waals surface area contributed by atoms with Crippen molar-refractivity contribution in [3.8, 4) is 11.4 Å². The van der Waals surface area contributed by atoms with Gasteiger partial charge in [0.2, 0.25) is 0 Å². The highest BCUT2D eigenvalue weighted by Crippen LogP contribution is 2.29. The molecule has 0 radical (unpaired) electrons. The predicted molar refractivity (Wildman–Crippen MR) is 104 cm³/mol. The van der Waals surface area contributed by atoms with Crippen LogP contribution in [0, 0.1) is 11.7 Å². The minimum absolute atomic E-state index is 0.244. The van der Waals surface area contributed by atoms with Gasteiger partial charge in [0.25, 0.3) is 0 Å². The Bertz CT molecular complexity index is 954. The summed E-state index contributed by atoms with van der Waals surface area (Å²) < 4.78 is 14.6. The lowest BCUT2D eigenvalue weighted by molar-refractivity contribution is 0.255. The van der Waals surface area contributed by atoms with Gasteiger partial charge in [-0.05, 0) is 36.6 Å². The number of H-pyrrole nitrogens is 1. The molecule has 4 N–H and O–H groups in total. The molecule has 3 aromatic rings. The third-order valence-electron chi connectivity index (χ3n) is 4.83. The van der Waals surface area contributed by atoms with Crippen LogP contribution in [0.4, 0.5) is 10.2 Å². The summed E-state index contributed by atoms with van der Waals surface area (Å²) in [5, 5.41) is 11.2. The van der Waals surface area contributed by atoms with Crippen LogP contribution in [-0.2, 0) is 0 Å². The van der Waals surface area contributed by atoms with Crippen molar-refractivity contribution in [1.29, 1.82) is 0 Å². The normalized spacial score (nSPS) is 20.6. The van der Waals surface area contributed by atoms with Crippen LogP contribution in [0.1, 0.15) is 20.3 Å². The van der Waals surface area contributed by atoms with Crippen molar-refractivity contribution in [3.05, 3.63) is 36.3 Å². The van der Waals surface area contributed by atoms with Crippen LogP contribution >= 0.6 is 0 Å². The first kappa shape index (κ1) is 17.8. The summed E-state index contributed by atoms with van der Waals surface area (Å²) in [6.45, 7) is 6.45. The van der Waals surface area contributed by atoms with Gasteiger partial charge < -0.3 is 10.6 Å². The molecule has 4 rings (SSSR count). The minimum atomic E-state index is -0.479. The summed E-state index contributed by atoms with van der Waals surface area (Å²) >= 11 is 0. The van der Waals surface area contributed by atoms with E-state index in [0.29, 0.717) is 29.6 Å². The Hall–Kier alpha value is -2.58. The Labute approximate surface area is 157 Å². The number of nitrogens with zero attached hydrogens (tertiary/aromatic N) is 4. The molecule has 4 heterocycles. The number of halogens is 1. The molecule has 0 saturated carbocycles. The summed E-state index contributed by atoms with van der Waals surface area (Å²) in [5.74, 6) is 0.783. The Morgan fingerprint density at radius 2 is 2.19 bits per heavy atom. The molecule has 0 bridgehead atoms. The fraction of sp³-hybridized carbons (Fsp3) is 0.421. The molecule has 1 aliphatic heterocycles. The van der Waals surface area contributed by atoms with Crippen molar-refractivity contribution in [2.24, 2.45) is 11.7 Å². The van der Waals surface area contributed by atoms with Crippen LogP contribution < -0.4 is 16.0 Å². The first-order chi connectivity index (χ1) is 13.0. The third-order valence-corrected chi connectivity index (χ3v) is 4.83. The van der Waals surface area contributed by atoms with Crippen molar-refractivity contribution < 1.29 is 4.39 Å². The lowest BCUT2D eigenvalue weighted by atomic mass is 9.96. The summed E-state index contributed by atoms with van der Waals surface area (Å²) in [5.41, 5.74) is 7.39. The van der Waals surface area contributed by atoms with E-state index in [-0.39, 0.29) is 5.69 Å². The molecule has 0 spiro atoms. The number of nitrogens with two attached hydrogens (primary N) is 1. The van der Waals surface area contributed by atoms with Gasteiger partial charge in [-0.1, -0.05) is 13.8 Å². The standard InChI is InChI=1S/C19H24FN7/c1-12(2)10-19(21)11-27(9-8-23-19)15-6-5-14(20)17(24-15)16-13-4-3-7-22-18(13)26-25-16/h3-7,12,23H,8-11,21H2,1-2H3,(H,22,25,26). The van der Waals surface area contributed by atoms with Crippen LogP contribution in [0.5, 0.6) is 0 Å². The van der Waals surface area contributed by atoms with E-state index in [9.17, 15) is 4.39 Å². The van der Waals surface area contributed by atoms with Crippen LogP contribution in [0.25, 0.3) is 22.4 Å². The smallest absolute Gasteiger partial charge is 0.181 e. The second kappa shape index (κ2) is 6.86.